The predicted octanol–water partition coefficient (Wildman–Crippen LogP) is 3.55. The Morgan fingerprint density at radius 3 is 2.83 bits per heavy atom. The molecule has 0 saturated heterocycles. The zero-order valence-electron chi connectivity index (χ0n) is 10.7. The largest absolute Gasteiger partial charge is 0.399 e. The molecular formula is C14H20ClN3. The van der Waals surface area contributed by atoms with Crippen LogP contribution in [0.15, 0.2) is 12.1 Å². The monoisotopic (exact) mass is 265 g/mol. The van der Waals surface area contributed by atoms with Gasteiger partial charge in [0.1, 0.15) is 11.0 Å². The number of nitrogens with two attached hydrogens (primary N) is 1. The van der Waals surface area contributed by atoms with Crippen molar-refractivity contribution in [2.45, 2.75) is 38.6 Å². The summed E-state index contributed by atoms with van der Waals surface area (Å²) in [7, 11) is 0. The highest BCUT2D eigenvalue weighted by atomic mass is 35.5. The van der Waals surface area contributed by atoms with Crippen molar-refractivity contribution in [1.82, 2.24) is 4.98 Å². The molecule has 18 heavy (non-hydrogen) atoms. The second kappa shape index (κ2) is 4.61. The van der Waals surface area contributed by atoms with Crippen molar-refractivity contribution in [3.8, 4) is 0 Å². The molecule has 2 aliphatic rings. The van der Waals surface area contributed by atoms with Crippen LogP contribution in [-0.4, -0.2) is 11.0 Å². The number of pyridine rings is 1. The van der Waals surface area contributed by atoms with Gasteiger partial charge in [-0.2, -0.15) is 0 Å². The van der Waals surface area contributed by atoms with Crippen LogP contribution in [0.25, 0.3) is 0 Å². The standard InChI is InChI=1S/C14H20ClN3/c1-8(12-5-9-2-3-10(12)4-9)17-14-7-11(16)6-13(15)18-14/h6-10,12H,2-5H2,1H3,(H3,16,17,18). The molecule has 2 bridgehead atoms. The first-order valence-electron chi connectivity index (χ1n) is 6.81. The maximum atomic E-state index is 5.93. The lowest BCUT2D eigenvalue weighted by molar-refractivity contribution is 0.304. The van der Waals surface area contributed by atoms with Crippen LogP contribution < -0.4 is 11.1 Å². The van der Waals surface area contributed by atoms with Gasteiger partial charge in [-0.1, -0.05) is 18.0 Å². The molecule has 1 heterocycles. The minimum Gasteiger partial charge on any atom is -0.399 e. The lowest BCUT2D eigenvalue weighted by Crippen LogP contribution is -2.30. The van der Waals surface area contributed by atoms with Crippen molar-refractivity contribution in [3.63, 3.8) is 0 Å². The van der Waals surface area contributed by atoms with Crippen LogP contribution in [0.2, 0.25) is 5.15 Å². The van der Waals surface area contributed by atoms with E-state index in [0.717, 1.165) is 23.6 Å². The van der Waals surface area contributed by atoms with Gasteiger partial charge in [-0.3, -0.25) is 0 Å². The highest BCUT2D eigenvalue weighted by Crippen LogP contribution is 2.49. The van der Waals surface area contributed by atoms with E-state index in [1.54, 1.807) is 6.07 Å². The van der Waals surface area contributed by atoms with E-state index in [2.05, 4.69) is 17.2 Å². The number of halogens is 1. The van der Waals surface area contributed by atoms with Crippen molar-refractivity contribution < 1.29 is 0 Å². The Morgan fingerprint density at radius 1 is 1.39 bits per heavy atom. The maximum Gasteiger partial charge on any atom is 0.133 e. The van der Waals surface area contributed by atoms with Gasteiger partial charge in [0.2, 0.25) is 0 Å². The number of rotatable bonds is 3. The molecule has 3 N–H and O–H groups in total. The van der Waals surface area contributed by atoms with Crippen molar-refractivity contribution in [2.75, 3.05) is 11.1 Å². The van der Waals surface area contributed by atoms with Gasteiger partial charge in [-0.05, 0) is 50.0 Å². The fourth-order valence-corrected chi connectivity index (χ4v) is 4.05. The van der Waals surface area contributed by atoms with E-state index in [1.807, 2.05) is 6.07 Å². The minimum absolute atomic E-state index is 0.450. The molecule has 2 saturated carbocycles. The quantitative estimate of drug-likeness (QED) is 0.822. The molecule has 0 aromatic carbocycles. The molecule has 1 aromatic heterocycles. The molecule has 2 fully saturated rings. The van der Waals surface area contributed by atoms with E-state index < -0.39 is 0 Å². The number of aromatic nitrogens is 1. The van der Waals surface area contributed by atoms with Crippen LogP contribution in [0.1, 0.15) is 32.6 Å². The molecule has 0 spiro atoms. The second-order valence-corrected chi connectivity index (χ2v) is 6.27. The molecule has 4 atom stereocenters. The van der Waals surface area contributed by atoms with E-state index in [-0.39, 0.29) is 0 Å². The summed E-state index contributed by atoms with van der Waals surface area (Å²) >= 11 is 5.93. The van der Waals surface area contributed by atoms with Crippen LogP contribution >= 0.6 is 11.6 Å². The van der Waals surface area contributed by atoms with E-state index in [9.17, 15) is 0 Å². The molecule has 4 unspecified atom stereocenters. The lowest BCUT2D eigenvalue weighted by Gasteiger charge is -2.29. The molecule has 3 nitrogen and oxygen atoms in total. The number of fused-ring (bicyclic) bond motifs is 2. The van der Waals surface area contributed by atoms with Crippen molar-refractivity contribution in [1.29, 1.82) is 0 Å². The van der Waals surface area contributed by atoms with Crippen LogP contribution in [0.4, 0.5) is 11.5 Å². The number of hydrogen-bond acceptors (Lipinski definition) is 3. The first-order valence-corrected chi connectivity index (χ1v) is 7.19. The number of nitrogen functional groups attached to an aromatic ring is 1. The summed E-state index contributed by atoms with van der Waals surface area (Å²) in [5, 5.41) is 3.93. The smallest absolute Gasteiger partial charge is 0.133 e. The summed E-state index contributed by atoms with van der Waals surface area (Å²) in [5.41, 5.74) is 6.45. The fourth-order valence-electron chi connectivity index (χ4n) is 3.84. The van der Waals surface area contributed by atoms with Gasteiger partial charge in [0.05, 0.1) is 0 Å². The van der Waals surface area contributed by atoms with Gasteiger partial charge < -0.3 is 11.1 Å². The number of hydrogen-bond donors (Lipinski definition) is 2. The van der Waals surface area contributed by atoms with E-state index in [0.29, 0.717) is 16.9 Å². The molecule has 0 amide bonds. The average Bonchev–Trinajstić information content (AvgIpc) is 2.88. The molecule has 98 valence electrons. The third kappa shape index (κ3) is 2.28. The molecule has 0 radical (unpaired) electrons. The summed E-state index contributed by atoms with van der Waals surface area (Å²) in [6, 6.07) is 3.98. The lowest BCUT2D eigenvalue weighted by atomic mass is 9.84. The van der Waals surface area contributed by atoms with E-state index >= 15 is 0 Å². The normalized spacial score (nSPS) is 31.6. The van der Waals surface area contributed by atoms with Gasteiger partial charge in [0, 0.05) is 17.8 Å². The Kier molecular flexibility index (Phi) is 3.10. The third-order valence-corrected chi connectivity index (χ3v) is 4.82. The van der Waals surface area contributed by atoms with Crippen molar-refractivity contribution >= 4 is 23.1 Å². The summed E-state index contributed by atoms with van der Waals surface area (Å²) in [6.45, 7) is 2.25. The molecule has 0 aliphatic heterocycles. The number of nitrogens with one attached hydrogen (secondary N) is 1. The zero-order valence-corrected chi connectivity index (χ0v) is 11.5. The summed E-state index contributed by atoms with van der Waals surface area (Å²) in [4.78, 5) is 4.28. The summed E-state index contributed by atoms with van der Waals surface area (Å²) in [6.07, 6.45) is 5.65. The number of nitrogens with zero attached hydrogens (tertiary/aromatic N) is 1. The van der Waals surface area contributed by atoms with Gasteiger partial charge >= 0.3 is 0 Å². The molecule has 2 aliphatic carbocycles. The van der Waals surface area contributed by atoms with Gasteiger partial charge in [-0.25, -0.2) is 4.98 Å². The average molecular weight is 266 g/mol. The van der Waals surface area contributed by atoms with Gasteiger partial charge in [0.25, 0.3) is 0 Å². The van der Waals surface area contributed by atoms with E-state index in [4.69, 9.17) is 17.3 Å². The van der Waals surface area contributed by atoms with Crippen molar-refractivity contribution in [2.24, 2.45) is 17.8 Å². The first kappa shape index (κ1) is 12.1. The molecule has 3 rings (SSSR count). The molecular weight excluding hydrogens is 246 g/mol. The minimum atomic E-state index is 0.450. The van der Waals surface area contributed by atoms with E-state index in [1.165, 1.54) is 25.7 Å². The van der Waals surface area contributed by atoms with Crippen LogP contribution in [-0.2, 0) is 0 Å². The van der Waals surface area contributed by atoms with Crippen LogP contribution in [0.5, 0.6) is 0 Å². The maximum absolute atomic E-state index is 5.93. The van der Waals surface area contributed by atoms with Gasteiger partial charge in [0.15, 0.2) is 0 Å². The Labute approximate surface area is 113 Å². The topological polar surface area (TPSA) is 50.9 Å². The van der Waals surface area contributed by atoms with Gasteiger partial charge in [-0.15, -0.1) is 0 Å². The Morgan fingerprint density at radius 2 is 2.22 bits per heavy atom. The predicted molar refractivity (Wildman–Crippen MR) is 75.7 cm³/mol. The van der Waals surface area contributed by atoms with Crippen LogP contribution in [0.3, 0.4) is 0 Å². The second-order valence-electron chi connectivity index (χ2n) is 5.88. The third-order valence-electron chi connectivity index (χ3n) is 4.63. The molecule has 1 aromatic rings. The highest BCUT2D eigenvalue weighted by molar-refractivity contribution is 6.29. The Hall–Kier alpha value is -0.960. The fraction of sp³-hybridized carbons (Fsp3) is 0.643. The zero-order chi connectivity index (χ0) is 12.7. The number of anilines is 2. The Bertz CT molecular complexity index is 428. The molecule has 4 heteroatoms. The summed E-state index contributed by atoms with van der Waals surface area (Å²) in [5.74, 6) is 3.47. The Balaban J connectivity index is 1.68. The highest BCUT2D eigenvalue weighted by Gasteiger charge is 2.41. The SMILES string of the molecule is CC(Nc1cc(N)cc(Cl)n1)C1CC2CCC1C2. The first-order chi connectivity index (χ1) is 8.61. The van der Waals surface area contributed by atoms with Crippen LogP contribution in [0, 0.1) is 17.8 Å². The van der Waals surface area contributed by atoms with Crippen molar-refractivity contribution in [3.05, 3.63) is 17.3 Å². The summed E-state index contributed by atoms with van der Waals surface area (Å²) < 4.78 is 0.